The Bertz CT molecular complexity index is 1080. The number of benzene rings is 2. The number of rotatable bonds is 5. The van der Waals surface area contributed by atoms with Gasteiger partial charge in [0.2, 0.25) is 0 Å². The van der Waals surface area contributed by atoms with E-state index in [1.54, 1.807) is 29.6 Å². The van der Waals surface area contributed by atoms with E-state index in [-0.39, 0.29) is 20.5 Å². The molecule has 0 atom stereocenters. The summed E-state index contributed by atoms with van der Waals surface area (Å²) in [5.74, 6) is -1.11. The Hall–Kier alpha value is -2.42. The van der Waals surface area contributed by atoms with Crippen LogP contribution in [0.25, 0.3) is 0 Å². The fourth-order valence-corrected chi connectivity index (χ4v) is 4.65. The van der Waals surface area contributed by atoms with Gasteiger partial charge in [-0.25, -0.2) is 12.8 Å². The van der Waals surface area contributed by atoms with Crippen molar-refractivity contribution in [1.29, 1.82) is 0 Å². The van der Waals surface area contributed by atoms with Crippen molar-refractivity contribution in [3.05, 3.63) is 75.7 Å². The van der Waals surface area contributed by atoms with Crippen LogP contribution in [0.3, 0.4) is 0 Å². The van der Waals surface area contributed by atoms with Gasteiger partial charge in [0, 0.05) is 12.7 Å². The van der Waals surface area contributed by atoms with Crippen molar-refractivity contribution >= 4 is 50.2 Å². The van der Waals surface area contributed by atoms with Crippen molar-refractivity contribution < 1.29 is 17.6 Å². The summed E-state index contributed by atoms with van der Waals surface area (Å²) >= 11 is 6.82. The Morgan fingerprint density at radius 2 is 1.85 bits per heavy atom. The third-order valence-electron chi connectivity index (χ3n) is 3.77. The Kier molecular flexibility index (Phi) is 5.50. The fraction of sp³-hybridized carbons (Fsp3) is 0.0556. The minimum atomic E-state index is -3.81. The van der Waals surface area contributed by atoms with Crippen molar-refractivity contribution in [1.82, 2.24) is 0 Å². The number of carbonyl (C=O) groups excluding carboxylic acids is 1. The van der Waals surface area contributed by atoms with Gasteiger partial charge in [-0.2, -0.15) is 0 Å². The molecule has 3 aromatic rings. The number of hydrogen-bond acceptors (Lipinski definition) is 4. The zero-order chi connectivity index (χ0) is 19.6. The van der Waals surface area contributed by atoms with Crippen LogP contribution >= 0.6 is 22.9 Å². The van der Waals surface area contributed by atoms with E-state index in [4.69, 9.17) is 11.6 Å². The molecule has 1 heterocycles. The van der Waals surface area contributed by atoms with Gasteiger partial charge in [-0.05, 0) is 41.8 Å². The number of amides is 1. The van der Waals surface area contributed by atoms with Gasteiger partial charge in [0.25, 0.3) is 15.9 Å². The summed E-state index contributed by atoms with van der Waals surface area (Å²) in [5, 5.41) is 4.10. The Morgan fingerprint density at radius 1 is 1.15 bits per heavy atom. The maximum atomic E-state index is 13.3. The second-order valence-electron chi connectivity index (χ2n) is 5.50. The zero-order valence-corrected chi connectivity index (χ0v) is 16.4. The van der Waals surface area contributed by atoms with Gasteiger partial charge in [0.1, 0.15) is 10.7 Å². The quantitative estimate of drug-likeness (QED) is 0.650. The molecular weight excluding hydrogens is 411 g/mol. The molecule has 3 rings (SSSR count). The van der Waals surface area contributed by atoms with Crippen molar-refractivity contribution in [2.75, 3.05) is 16.7 Å². The molecule has 27 heavy (non-hydrogen) atoms. The van der Waals surface area contributed by atoms with E-state index >= 15 is 0 Å². The third-order valence-corrected chi connectivity index (χ3v) is 6.75. The number of nitrogens with zero attached hydrogens (tertiary/aromatic N) is 1. The van der Waals surface area contributed by atoms with Gasteiger partial charge in [-0.15, -0.1) is 11.3 Å². The second-order valence-corrected chi connectivity index (χ2v) is 8.80. The van der Waals surface area contributed by atoms with E-state index in [1.165, 1.54) is 31.3 Å². The number of nitrogens with one attached hydrogen (secondary N) is 1. The van der Waals surface area contributed by atoms with Crippen molar-refractivity contribution in [2.24, 2.45) is 0 Å². The molecule has 0 saturated carbocycles. The van der Waals surface area contributed by atoms with Crippen molar-refractivity contribution in [3.63, 3.8) is 0 Å². The van der Waals surface area contributed by atoms with Crippen LogP contribution in [0.4, 0.5) is 15.8 Å². The number of anilines is 2. The topological polar surface area (TPSA) is 66.5 Å². The summed E-state index contributed by atoms with van der Waals surface area (Å²) in [6.45, 7) is 0. The van der Waals surface area contributed by atoms with Crippen LogP contribution in [0.2, 0.25) is 5.02 Å². The van der Waals surface area contributed by atoms with Crippen LogP contribution in [0.1, 0.15) is 9.67 Å². The molecule has 0 spiro atoms. The van der Waals surface area contributed by atoms with Gasteiger partial charge in [0.15, 0.2) is 0 Å². The first-order chi connectivity index (χ1) is 12.8. The van der Waals surface area contributed by atoms with E-state index in [2.05, 4.69) is 5.32 Å². The Labute approximate surface area is 165 Å². The first kappa shape index (κ1) is 19.3. The second kappa shape index (κ2) is 7.67. The molecular formula is C18H14ClFN2O3S2. The number of hydrogen-bond donors (Lipinski definition) is 1. The monoisotopic (exact) mass is 424 g/mol. The minimum Gasteiger partial charge on any atom is -0.321 e. The molecule has 1 aromatic heterocycles. The lowest BCUT2D eigenvalue weighted by molar-refractivity contribution is 0.103. The van der Waals surface area contributed by atoms with Crippen LogP contribution in [0.5, 0.6) is 0 Å². The molecule has 140 valence electrons. The molecule has 2 aromatic carbocycles. The first-order valence-electron chi connectivity index (χ1n) is 7.68. The van der Waals surface area contributed by atoms with E-state index in [0.717, 1.165) is 21.7 Å². The molecule has 1 amide bonds. The zero-order valence-electron chi connectivity index (χ0n) is 14.0. The molecule has 5 nitrogen and oxygen atoms in total. The van der Waals surface area contributed by atoms with E-state index < -0.39 is 21.7 Å². The van der Waals surface area contributed by atoms with Crippen molar-refractivity contribution in [2.45, 2.75) is 4.90 Å². The maximum Gasteiger partial charge on any atom is 0.267 e. The summed E-state index contributed by atoms with van der Waals surface area (Å²) in [5.41, 5.74) is 0.550. The predicted molar refractivity (Wildman–Crippen MR) is 106 cm³/mol. The summed E-state index contributed by atoms with van der Waals surface area (Å²) in [6.07, 6.45) is 0. The molecule has 0 unspecified atom stereocenters. The van der Waals surface area contributed by atoms with Gasteiger partial charge in [-0.3, -0.25) is 9.10 Å². The highest BCUT2D eigenvalue weighted by Gasteiger charge is 2.26. The highest BCUT2D eigenvalue weighted by molar-refractivity contribution is 7.92. The average Bonchev–Trinajstić information content (AvgIpc) is 3.14. The van der Waals surface area contributed by atoms with Crippen LogP contribution in [0.15, 0.2) is 64.9 Å². The van der Waals surface area contributed by atoms with E-state index in [1.807, 2.05) is 0 Å². The standard InChI is InChI=1S/C18H14ClFN2O3S2/c1-22(27(24,25)13-5-3-2-4-6-13)16-9-10-26-17(16)18(23)21-12-7-8-15(20)14(19)11-12/h2-11H,1H3,(H,21,23). The molecule has 0 aliphatic rings. The summed E-state index contributed by atoms with van der Waals surface area (Å²) in [7, 11) is -2.43. The lowest BCUT2D eigenvalue weighted by Crippen LogP contribution is -2.28. The van der Waals surface area contributed by atoms with Gasteiger partial charge in [0.05, 0.1) is 15.6 Å². The smallest absolute Gasteiger partial charge is 0.267 e. The number of thiophene rings is 1. The van der Waals surface area contributed by atoms with Crippen LogP contribution in [-0.4, -0.2) is 21.4 Å². The van der Waals surface area contributed by atoms with Crippen molar-refractivity contribution in [3.8, 4) is 0 Å². The molecule has 0 aliphatic carbocycles. The number of sulfonamides is 1. The van der Waals surface area contributed by atoms with Crippen LogP contribution < -0.4 is 9.62 Å². The first-order valence-corrected chi connectivity index (χ1v) is 10.4. The molecule has 0 radical (unpaired) electrons. The van der Waals surface area contributed by atoms with Gasteiger partial charge in [-0.1, -0.05) is 29.8 Å². The molecule has 0 saturated heterocycles. The molecule has 0 aliphatic heterocycles. The third kappa shape index (κ3) is 3.97. The summed E-state index contributed by atoms with van der Waals surface area (Å²) < 4.78 is 39.9. The lowest BCUT2D eigenvalue weighted by atomic mass is 10.3. The predicted octanol–water partition coefficient (Wildman–Crippen LogP) is 4.62. The molecule has 9 heteroatoms. The average molecular weight is 425 g/mol. The number of carbonyl (C=O) groups is 1. The van der Waals surface area contributed by atoms with E-state index in [9.17, 15) is 17.6 Å². The molecule has 0 bridgehead atoms. The fourth-order valence-electron chi connectivity index (χ4n) is 2.36. The largest absolute Gasteiger partial charge is 0.321 e. The van der Waals surface area contributed by atoms with Gasteiger partial charge >= 0.3 is 0 Å². The number of halogens is 2. The van der Waals surface area contributed by atoms with Gasteiger partial charge < -0.3 is 5.32 Å². The van der Waals surface area contributed by atoms with Crippen LogP contribution in [0, 0.1) is 5.82 Å². The minimum absolute atomic E-state index is 0.121. The molecule has 1 N–H and O–H groups in total. The summed E-state index contributed by atoms with van der Waals surface area (Å²) in [4.78, 5) is 12.9. The normalized spacial score (nSPS) is 11.2. The lowest BCUT2D eigenvalue weighted by Gasteiger charge is -2.19. The highest BCUT2D eigenvalue weighted by atomic mass is 35.5. The van der Waals surface area contributed by atoms with E-state index in [0.29, 0.717) is 5.69 Å². The Morgan fingerprint density at radius 3 is 2.52 bits per heavy atom. The summed E-state index contributed by atoms with van der Waals surface area (Å²) in [6, 6.07) is 13.3. The Balaban J connectivity index is 1.89. The SMILES string of the molecule is CN(c1ccsc1C(=O)Nc1ccc(F)c(Cl)c1)S(=O)(=O)c1ccccc1. The van der Waals surface area contributed by atoms with Crippen LogP contribution in [-0.2, 0) is 10.0 Å². The maximum absolute atomic E-state index is 13.3. The highest BCUT2D eigenvalue weighted by Crippen LogP contribution is 2.31. The molecule has 0 fully saturated rings.